The van der Waals surface area contributed by atoms with Crippen molar-refractivity contribution in [1.29, 1.82) is 0 Å². The molecule has 0 N–H and O–H groups in total. The summed E-state index contributed by atoms with van der Waals surface area (Å²) in [5, 5.41) is -0.795. The highest BCUT2D eigenvalue weighted by atomic mass is 35.5. The predicted molar refractivity (Wildman–Crippen MR) is 81.6 cm³/mol. The van der Waals surface area contributed by atoms with E-state index < -0.39 is 28.2 Å². The number of aryl methyl sites for hydroxylation is 1. The molecule has 0 saturated heterocycles. The summed E-state index contributed by atoms with van der Waals surface area (Å²) in [6, 6.07) is 4.69. The number of Topliss-reactive ketones (excluding diaryl/α,β-unsaturated/α-hetero) is 1. The molecular weight excluding hydrogens is 311 g/mol. The summed E-state index contributed by atoms with van der Waals surface area (Å²) in [7, 11) is 1.47. The highest BCUT2D eigenvalue weighted by Crippen LogP contribution is 2.16. The number of rotatable bonds is 3. The summed E-state index contributed by atoms with van der Waals surface area (Å²) in [6.07, 6.45) is 0. The van der Waals surface area contributed by atoms with Crippen LogP contribution in [0.15, 0.2) is 33.9 Å². The number of alkyl halides is 1. The van der Waals surface area contributed by atoms with Crippen LogP contribution in [0.25, 0.3) is 5.69 Å². The topological polar surface area (TPSA) is 61.1 Å². The molecule has 1 unspecified atom stereocenters. The van der Waals surface area contributed by atoms with Crippen LogP contribution in [-0.4, -0.2) is 20.3 Å². The highest BCUT2D eigenvalue weighted by molar-refractivity contribution is 6.33. The first kappa shape index (κ1) is 16.2. The number of hydrogen-bond donors (Lipinski definition) is 0. The van der Waals surface area contributed by atoms with E-state index in [0.29, 0.717) is 10.3 Å². The van der Waals surface area contributed by atoms with Crippen molar-refractivity contribution in [2.24, 2.45) is 7.05 Å². The maximum Gasteiger partial charge on any atom is 0.335 e. The average Bonchev–Trinajstić information content (AvgIpc) is 2.46. The number of carbonyl (C=O) groups is 1. The second-order valence-electron chi connectivity index (χ2n) is 4.95. The van der Waals surface area contributed by atoms with Crippen LogP contribution in [0.5, 0.6) is 0 Å². The van der Waals surface area contributed by atoms with Gasteiger partial charge in [0.05, 0.1) is 11.1 Å². The minimum Gasteiger partial charge on any atom is -0.301 e. The van der Waals surface area contributed by atoms with E-state index in [1.165, 1.54) is 30.7 Å². The lowest BCUT2D eigenvalue weighted by Crippen LogP contribution is -2.38. The Morgan fingerprint density at radius 3 is 2.50 bits per heavy atom. The van der Waals surface area contributed by atoms with E-state index in [1.807, 2.05) is 0 Å². The Balaban J connectivity index is 2.77. The molecule has 0 bridgehead atoms. The number of benzene rings is 1. The first-order valence-corrected chi connectivity index (χ1v) is 6.95. The summed E-state index contributed by atoms with van der Waals surface area (Å²) in [4.78, 5) is 36.2. The molecule has 0 spiro atoms. The van der Waals surface area contributed by atoms with Crippen molar-refractivity contribution in [2.75, 3.05) is 0 Å². The number of carbonyl (C=O) groups excluding carboxylic acids is 1. The van der Waals surface area contributed by atoms with Gasteiger partial charge in [0, 0.05) is 24.4 Å². The Labute approximate surface area is 130 Å². The maximum absolute atomic E-state index is 14.1. The van der Waals surface area contributed by atoms with E-state index in [9.17, 15) is 18.8 Å². The summed E-state index contributed by atoms with van der Waals surface area (Å²) in [6.45, 7) is 3.09. The van der Waals surface area contributed by atoms with Crippen LogP contribution in [0, 0.1) is 12.7 Å². The Kier molecular flexibility index (Phi) is 4.32. The molecule has 1 aromatic carbocycles. The standard InChI is InChI=1S/C15H14ClFN2O3/c1-8-6-13(20)19(15(22)18(8)3)12-7-10(4-5-11(12)17)14(21)9(2)16/h4-7,9H,1-3H3. The van der Waals surface area contributed by atoms with E-state index in [2.05, 4.69) is 0 Å². The molecule has 0 amide bonds. The lowest BCUT2D eigenvalue weighted by atomic mass is 10.1. The predicted octanol–water partition coefficient (Wildman–Crippen LogP) is 1.79. The summed E-state index contributed by atoms with van der Waals surface area (Å²) >= 11 is 5.73. The SMILES string of the molecule is Cc1cc(=O)n(-c2cc(C(=O)C(C)Cl)ccc2F)c(=O)n1C. The minimum atomic E-state index is -0.795. The number of halogens is 2. The van der Waals surface area contributed by atoms with Crippen molar-refractivity contribution < 1.29 is 9.18 Å². The van der Waals surface area contributed by atoms with Crippen molar-refractivity contribution >= 4 is 17.4 Å². The monoisotopic (exact) mass is 324 g/mol. The first-order valence-electron chi connectivity index (χ1n) is 6.52. The molecule has 22 heavy (non-hydrogen) atoms. The molecular formula is C15H14ClFN2O3. The van der Waals surface area contributed by atoms with Crippen LogP contribution in [0.1, 0.15) is 23.0 Å². The fourth-order valence-electron chi connectivity index (χ4n) is 2.02. The van der Waals surface area contributed by atoms with E-state index in [4.69, 9.17) is 11.6 Å². The second-order valence-corrected chi connectivity index (χ2v) is 5.60. The Morgan fingerprint density at radius 1 is 1.27 bits per heavy atom. The van der Waals surface area contributed by atoms with Crippen molar-refractivity contribution in [3.8, 4) is 5.69 Å². The maximum atomic E-state index is 14.1. The molecule has 0 aliphatic carbocycles. The van der Waals surface area contributed by atoms with Gasteiger partial charge in [0.25, 0.3) is 5.56 Å². The molecule has 1 atom stereocenters. The van der Waals surface area contributed by atoms with Gasteiger partial charge in [-0.1, -0.05) is 0 Å². The Hall–Kier alpha value is -2.21. The largest absolute Gasteiger partial charge is 0.335 e. The zero-order valence-electron chi connectivity index (χ0n) is 12.3. The number of hydrogen-bond acceptors (Lipinski definition) is 3. The van der Waals surface area contributed by atoms with Crippen LogP contribution >= 0.6 is 11.6 Å². The van der Waals surface area contributed by atoms with Gasteiger partial charge in [-0.25, -0.2) is 13.8 Å². The zero-order chi connectivity index (χ0) is 16.6. The summed E-state index contributed by atoms with van der Waals surface area (Å²) in [5.74, 6) is -1.19. The lowest BCUT2D eigenvalue weighted by Gasteiger charge is -2.11. The number of ketones is 1. The molecule has 0 saturated carbocycles. The minimum absolute atomic E-state index is 0.133. The van der Waals surface area contributed by atoms with Crippen LogP contribution < -0.4 is 11.2 Å². The molecule has 116 valence electrons. The molecule has 2 rings (SSSR count). The summed E-state index contributed by atoms with van der Waals surface area (Å²) < 4.78 is 16.0. The Bertz CT molecular complexity index is 868. The van der Waals surface area contributed by atoms with E-state index in [0.717, 1.165) is 12.1 Å². The lowest BCUT2D eigenvalue weighted by molar-refractivity contribution is 0.0991. The van der Waals surface area contributed by atoms with Crippen LogP contribution in [0.3, 0.4) is 0 Å². The fraction of sp³-hybridized carbons (Fsp3) is 0.267. The molecule has 0 aliphatic rings. The average molecular weight is 325 g/mol. The van der Waals surface area contributed by atoms with E-state index >= 15 is 0 Å². The molecule has 0 fully saturated rings. The molecule has 1 aromatic heterocycles. The molecule has 0 aliphatic heterocycles. The van der Waals surface area contributed by atoms with Crippen LogP contribution in [-0.2, 0) is 7.05 Å². The van der Waals surface area contributed by atoms with Crippen molar-refractivity contribution in [3.63, 3.8) is 0 Å². The van der Waals surface area contributed by atoms with Crippen LogP contribution in [0.4, 0.5) is 4.39 Å². The van der Waals surface area contributed by atoms with Gasteiger partial charge in [0.15, 0.2) is 5.78 Å². The smallest absolute Gasteiger partial charge is 0.301 e. The molecule has 0 radical (unpaired) electrons. The third-order valence-corrected chi connectivity index (χ3v) is 3.59. The fourth-order valence-corrected chi connectivity index (χ4v) is 2.15. The number of aromatic nitrogens is 2. The van der Waals surface area contributed by atoms with Crippen LogP contribution in [0.2, 0.25) is 0 Å². The Morgan fingerprint density at radius 2 is 1.91 bits per heavy atom. The van der Waals surface area contributed by atoms with Gasteiger partial charge in [-0.2, -0.15) is 0 Å². The van der Waals surface area contributed by atoms with Crippen molar-refractivity contribution in [1.82, 2.24) is 9.13 Å². The molecule has 2 aromatic rings. The van der Waals surface area contributed by atoms with E-state index in [1.54, 1.807) is 6.92 Å². The molecule has 5 nitrogen and oxygen atoms in total. The van der Waals surface area contributed by atoms with Crippen molar-refractivity contribution in [2.45, 2.75) is 19.2 Å². The van der Waals surface area contributed by atoms with Gasteiger partial charge >= 0.3 is 5.69 Å². The van der Waals surface area contributed by atoms with Gasteiger partial charge in [-0.05, 0) is 32.0 Å². The third kappa shape index (κ3) is 2.74. The molecule has 7 heteroatoms. The van der Waals surface area contributed by atoms with Crippen molar-refractivity contribution in [3.05, 3.63) is 62.2 Å². The van der Waals surface area contributed by atoms with Gasteiger partial charge in [-0.15, -0.1) is 11.6 Å². The van der Waals surface area contributed by atoms with Gasteiger partial charge in [0.1, 0.15) is 5.82 Å². The van der Waals surface area contributed by atoms with Gasteiger partial charge < -0.3 is 4.57 Å². The second kappa shape index (κ2) is 5.88. The summed E-state index contributed by atoms with van der Waals surface area (Å²) in [5.41, 5.74) is -1.04. The van der Waals surface area contributed by atoms with Gasteiger partial charge in [-0.3, -0.25) is 9.59 Å². The quantitative estimate of drug-likeness (QED) is 0.639. The normalized spacial score (nSPS) is 12.2. The highest BCUT2D eigenvalue weighted by Gasteiger charge is 2.17. The van der Waals surface area contributed by atoms with E-state index in [-0.39, 0.29) is 11.3 Å². The molecule has 1 heterocycles. The van der Waals surface area contributed by atoms with Gasteiger partial charge in [0.2, 0.25) is 0 Å². The third-order valence-electron chi connectivity index (χ3n) is 3.39. The zero-order valence-corrected chi connectivity index (χ0v) is 13.0. The first-order chi connectivity index (χ1) is 10.2. The number of nitrogens with zero attached hydrogens (tertiary/aromatic N) is 2.